The van der Waals surface area contributed by atoms with E-state index in [0.717, 1.165) is 50.0 Å². The van der Waals surface area contributed by atoms with Crippen molar-refractivity contribution in [1.82, 2.24) is 9.88 Å². The Kier molecular flexibility index (Phi) is 7.63. The van der Waals surface area contributed by atoms with Crippen LogP contribution in [0.2, 0.25) is 0 Å². The Labute approximate surface area is 205 Å². The smallest absolute Gasteiger partial charge is 0.232 e. The van der Waals surface area contributed by atoms with E-state index in [-0.39, 0.29) is 11.7 Å². The molecule has 34 heavy (non-hydrogen) atoms. The summed E-state index contributed by atoms with van der Waals surface area (Å²) in [6.07, 6.45) is 1.07. The highest BCUT2D eigenvalue weighted by Crippen LogP contribution is 2.28. The lowest BCUT2D eigenvalue weighted by molar-refractivity contribution is -0.125. The van der Waals surface area contributed by atoms with Crippen molar-refractivity contribution in [2.75, 3.05) is 42.5 Å². The molecular formula is C27H33FN4OS. The normalized spacial score (nSPS) is 14.9. The number of carbonyl (C=O) groups is 1. The summed E-state index contributed by atoms with van der Waals surface area (Å²) in [4.78, 5) is 24.6. The number of thiazole rings is 1. The van der Waals surface area contributed by atoms with E-state index >= 15 is 0 Å². The van der Waals surface area contributed by atoms with Crippen LogP contribution in [0.3, 0.4) is 0 Å². The van der Waals surface area contributed by atoms with E-state index in [1.807, 2.05) is 26.2 Å². The van der Waals surface area contributed by atoms with Crippen LogP contribution in [0, 0.1) is 11.2 Å². The Morgan fingerprint density at radius 2 is 1.71 bits per heavy atom. The summed E-state index contributed by atoms with van der Waals surface area (Å²) in [6.45, 7) is 11.1. The molecule has 5 nitrogen and oxygen atoms in total. The zero-order valence-corrected chi connectivity index (χ0v) is 21.0. The van der Waals surface area contributed by atoms with E-state index in [4.69, 9.17) is 4.98 Å². The number of hydrogen-bond donors (Lipinski definition) is 0. The summed E-state index contributed by atoms with van der Waals surface area (Å²) < 4.78 is 13.5. The number of benzene rings is 2. The van der Waals surface area contributed by atoms with Crippen LogP contribution in [0.15, 0.2) is 60.0 Å². The first-order valence-corrected chi connectivity index (χ1v) is 12.7. The van der Waals surface area contributed by atoms with Gasteiger partial charge in [-0.05, 0) is 36.2 Å². The Bertz CT molecular complexity index is 1070. The molecule has 0 aliphatic carbocycles. The quantitative estimate of drug-likeness (QED) is 0.465. The van der Waals surface area contributed by atoms with Crippen LogP contribution in [-0.2, 0) is 17.8 Å². The zero-order valence-electron chi connectivity index (χ0n) is 20.2. The fourth-order valence-corrected chi connectivity index (χ4v) is 4.95. The van der Waals surface area contributed by atoms with Crippen molar-refractivity contribution >= 4 is 28.1 Å². The van der Waals surface area contributed by atoms with E-state index < -0.39 is 5.41 Å². The summed E-state index contributed by atoms with van der Waals surface area (Å²) in [5.41, 5.74) is 2.37. The zero-order chi connectivity index (χ0) is 24.1. The number of carbonyl (C=O) groups excluding carboxylic acids is 1. The molecule has 1 saturated heterocycles. The van der Waals surface area contributed by atoms with Gasteiger partial charge < -0.3 is 9.80 Å². The van der Waals surface area contributed by atoms with E-state index in [0.29, 0.717) is 12.2 Å². The van der Waals surface area contributed by atoms with Crippen molar-refractivity contribution in [2.45, 2.75) is 33.7 Å². The fourth-order valence-electron chi connectivity index (χ4n) is 4.08. The summed E-state index contributed by atoms with van der Waals surface area (Å²) in [5, 5.41) is 3.03. The van der Waals surface area contributed by atoms with Crippen LogP contribution in [0.4, 0.5) is 15.2 Å². The van der Waals surface area contributed by atoms with Crippen molar-refractivity contribution in [2.24, 2.45) is 5.41 Å². The molecule has 0 atom stereocenters. The van der Waals surface area contributed by atoms with Crippen molar-refractivity contribution in [1.29, 1.82) is 0 Å². The van der Waals surface area contributed by atoms with Gasteiger partial charge in [-0.1, -0.05) is 51.1 Å². The molecule has 4 rings (SSSR count). The molecule has 0 bridgehead atoms. The molecule has 1 aliphatic heterocycles. The van der Waals surface area contributed by atoms with Crippen LogP contribution in [0.1, 0.15) is 32.0 Å². The number of anilines is 2. The molecule has 0 N–H and O–H groups in total. The summed E-state index contributed by atoms with van der Waals surface area (Å²) in [6, 6.07) is 16.7. The molecule has 1 aliphatic rings. The van der Waals surface area contributed by atoms with E-state index in [9.17, 15) is 9.18 Å². The minimum Gasteiger partial charge on any atom is -0.346 e. The van der Waals surface area contributed by atoms with Gasteiger partial charge in [0.25, 0.3) is 0 Å². The largest absolute Gasteiger partial charge is 0.346 e. The Morgan fingerprint density at radius 3 is 2.35 bits per heavy atom. The van der Waals surface area contributed by atoms with E-state index in [1.165, 1.54) is 17.7 Å². The van der Waals surface area contributed by atoms with Gasteiger partial charge >= 0.3 is 0 Å². The highest BCUT2D eigenvalue weighted by atomic mass is 32.1. The van der Waals surface area contributed by atoms with Crippen molar-refractivity contribution in [3.63, 3.8) is 0 Å². The predicted molar refractivity (Wildman–Crippen MR) is 138 cm³/mol. The van der Waals surface area contributed by atoms with Gasteiger partial charge in [0, 0.05) is 49.2 Å². The highest BCUT2D eigenvalue weighted by Gasteiger charge is 2.29. The molecule has 0 saturated carbocycles. The van der Waals surface area contributed by atoms with Gasteiger partial charge in [0.15, 0.2) is 5.13 Å². The Balaban J connectivity index is 1.37. The third-order valence-electron chi connectivity index (χ3n) is 6.09. The van der Waals surface area contributed by atoms with Crippen LogP contribution in [-0.4, -0.2) is 48.5 Å². The molecule has 7 heteroatoms. The van der Waals surface area contributed by atoms with Crippen molar-refractivity contribution in [3.8, 4) is 0 Å². The SMILES string of the molecule is CC(C)(C)C(=O)N(Cc1csc(N2CCN(CCc3ccccc3)CC2)n1)c1ccc(F)cc1. The van der Waals surface area contributed by atoms with Crippen LogP contribution < -0.4 is 9.80 Å². The summed E-state index contributed by atoms with van der Waals surface area (Å²) >= 11 is 1.62. The standard InChI is InChI=1S/C27H33FN4OS/c1-27(2,3)25(33)32(24-11-9-22(28)10-12-24)19-23-20-34-26(29-23)31-17-15-30(16-18-31)14-13-21-7-5-4-6-8-21/h4-12,20H,13-19H2,1-3H3. The van der Waals surface area contributed by atoms with Gasteiger partial charge in [-0.3, -0.25) is 9.69 Å². The van der Waals surface area contributed by atoms with Crippen LogP contribution >= 0.6 is 11.3 Å². The second-order valence-electron chi connectivity index (χ2n) is 9.80. The molecule has 1 amide bonds. The van der Waals surface area contributed by atoms with Gasteiger partial charge in [0.05, 0.1) is 12.2 Å². The van der Waals surface area contributed by atoms with Gasteiger partial charge in [-0.25, -0.2) is 9.37 Å². The second-order valence-corrected chi connectivity index (χ2v) is 10.6. The molecular weight excluding hydrogens is 447 g/mol. The lowest BCUT2D eigenvalue weighted by atomic mass is 9.94. The van der Waals surface area contributed by atoms with Gasteiger partial charge in [-0.15, -0.1) is 11.3 Å². The maximum Gasteiger partial charge on any atom is 0.232 e. The first kappa shape index (κ1) is 24.4. The number of amides is 1. The Morgan fingerprint density at radius 1 is 1.03 bits per heavy atom. The van der Waals surface area contributed by atoms with Crippen LogP contribution in [0.5, 0.6) is 0 Å². The average molecular weight is 481 g/mol. The molecule has 1 aromatic heterocycles. The van der Waals surface area contributed by atoms with Crippen LogP contribution in [0.25, 0.3) is 0 Å². The molecule has 1 fully saturated rings. The lowest BCUT2D eigenvalue weighted by Gasteiger charge is -2.34. The number of aromatic nitrogens is 1. The number of rotatable bonds is 7. The third-order valence-corrected chi connectivity index (χ3v) is 7.04. The van der Waals surface area contributed by atoms with Crippen molar-refractivity contribution in [3.05, 3.63) is 77.1 Å². The van der Waals surface area contributed by atoms with E-state index in [2.05, 4.69) is 40.1 Å². The van der Waals surface area contributed by atoms with Gasteiger partial charge in [0.1, 0.15) is 5.82 Å². The maximum atomic E-state index is 13.5. The summed E-state index contributed by atoms with van der Waals surface area (Å²) in [7, 11) is 0. The molecule has 3 aromatic rings. The number of halogens is 1. The molecule has 180 valence electrons. The predicted octanol–water partition coefficient (Wildman–Crippen LogP) is 5.23. The number of piperazine rings is 1. The monoisotopic (exact) mass is 480 g/mol. The number of nitrogens with zero attached hydrogens (tertiary/aromatic N) is 4. The molecule has 2 aromatic carbocycles. The van der Waals surface area contributed by atoms with Gasteiger partial charge in [-0.2, -0.15) is 0 Å². The number of hydrogen-bond acceptors (Lipinski definition) is 5. The Hall–Kier alpha value is -2.77. The second kappa shape index (κ2) is 10.7. The first-order chi connectivity index (χ1) is 16.3. The maximum absolute atomic E-state index is 13.5. The average Bonchev–Trinajstić information content (AvgIpc) is 3.30. The fraction of sp³-hybridized carbons (Fsp3) is 0.407. The van der Waals surface area contributed by atoms with E-state index in [1.54, 1.807) is 28.4 Å². The molecule has 0 spiro atoms. The highest BCUT2D eigenvalue weighted by molar-refractivity contribution is 7.13. The minimum atomic E-state index is -0.552. The molecule has 0 radical (unpaired) electrons. The van der Waals surface area contributed by atoms with Gasteiger partial charge in [0.2, 0.25) is 5.91 Å². The third kappa shape index (κ3) is 6.21. The van der Waals surface area contributed by atoms with Crippen molar-refractivity contribution < 1.29 is 9.18 Å². The summed E-state index contributed by atoms with van der Waals surface area (Å²) in [5.74, 6) is -0.327. The lowest BCUT2D eigenvalue weighted by Crippen LogP contribution is -2.47. The topological polar surface area (TPSA) is 39.7 Å². The first-order valence-electron chi connectivity index (χ1n) is 11.8. The minimum absolute atomic E-state index is 0.0133. The molecule has 0 unspecified atom stereocenters. The molecule has 2 heterocycles.